The monoisotopic (exact) mass is 251 g/mol. The van der Waals surface area contributed by atoms with Crippen molar-refractivity contribution in [2.45, 2.75) is 12.8 Å². The summed E-state index contributed by atoms with van der Waals surface area (Å²) in [7, 11) is 0. The normalized spacial score (nSPS) is 14.6. The molecule has 0 heterocycles. The molecule has 0 amide bonds. The van der Waals surface area contributed by atoms with Gasteiger partial charge < -0.3 is 15.2 Å². The summed E-state index contributed by atoms with van der Waals surface area (Å²) in [5.74, 6) is 1.52. The van der Waals surface area contributed by atoms with Crippen molar-refractivity contribution in [3.63, 3.8) is 0 Å². The van der Waals surface area contributed by atoms with Crippen LogP contribution in [0.25, 0.3) is 0 Å². The number of hydrogen-bond donors (Lipinski definition) is 1. The molecule has 1 aliphatic carbocycles. The molecular formula is C13H17NO2S. The summed E-state index contributed by atoms with van der Waals surface area (Å²) in [6.07, 6.45) is 2.62. The Bertz CT molecular complexity index is 391. The molecule has 0 unspecified atom stereocenters. The van der Waals surface area contributed by atoms with Gasteiger partial charge >= 0.3 is 0 Å². The molecule has 2 N–H and O–H groups in total. The second kappa shape index (κ2) is 5.98. The van der Waals surface area contributed by atoms with Gasteiger partial charge in [0.1, 0.15) is 17.3 Å². The van der Waals surface area contributed by atoms with Crippen LogP contribution >= 0.6 is 12.2 Å². The number of nitrogens with two attached hydrogens (primary N) is 1. The number of hydrogen-bond acceptors (Lipinski definition) is 3. The molecular weight excluding hydrogens is 234 g/mol. The third-order valence-corrected chi connectivity index (χ3v) is 2.91. The predicted octanol–water partition coefficient (Wildman–Crippen LogP) is 2.13. The summed E-state index contributed by atoms with van der Waals surface area (Å²) >= 11 is 4.96. The van der Waals surface area contributed by atoms with E-state index < -0.39 is 0 Å². The zero-order valence-corrected chi connectivity index (χ0v) is 10.5. The minimum Gasteiger partial charge on any atom is -0.490 e. The van der Waals surface area contributed by atoms with Crippen molar-refractivity contribution in [2.75, 3.05) is 19.8 Å². The van der Waals surface area contributed by atoms with Crippen LogP contribution in [0.1, 0.15) is 18.4 Å². The van der Waals surface area contributed by atoms with Crippen molar-refractivity contribution in [3.8, 4) is 5.75 Å². The molecule has 0 radical (unpaired) electrons. The van der Waals surface area contributed by atoms with Gasteiger partial charge in [0.2, 0.25) is 0 Å². The van der Waals surface area contributed by atoms with Crippen LogP contribution in [0, 0.1) is 5.92 Å². The number of benzene rings is 1. The molecule has 0 aliphatic heterocycles. The molecule has 4 heteroatoms. The van der Waals surface area contributed by atoms with E-state index in [1.807, 2.05) is 24.3 Å². The smallest absolute Gasteiger partial charge is 0.129 e. The van der Waals surface area contributed by atoms with Crippen LogP contribution < -0.4 is 10.5 Å². The van der Waals surface area contributed by atoms with Gasteiger partial charge in [-0.05, 0) is 30.9 Å². The zero-order valence-electron chi connectivity index (χ0n) is 9.72. The molecule has 1 aromatic carbocycles. The number of ether oxygens (including phenoxy) is 2. The molecule has 1 aliphatic rings. The van der Waals surface area contributed by atoms with Gasteiger partial charge in [-0.15, -0.1) is 0 Å². The minimum atomic E-state index is 0.361. The van der Waals surface area contributed by atoms with Gasteiger partial charge in [0.15, 0.2) is 0 Å². The van der Waals surface area contributed by atoms with Crippen LogP contribution in [-0.4, -0.2) is 24.8 Å². The van der Waals surface area contributed by atoms with Gasteiger partial charge in [-0.2, -0.15) is 0 Å². The third-order valence-electron chi connectivity index (χ3n) is 2.69. The average molecular weight is 251 g/mol. The highest BCUT2D eigenvalue weighted by Gasteiger charge is 2.20. The molecule has 17 heavy (non-hydrogen) atoms. The zero-order chi connectivity index (χ0) is 12.1. The van der Waals surface area contributed by atoms with E-state index in [-0.39, 0.29) is 0 Å². The molecule has 0 aromatic heterocycles. The molecule has 92 valence electrons. The van der Waals surface area contributed by atoms with Gasteiger partial charge in [-0.25, -0.2) is 0 Å². The maximum absolute atomic E-state index is 5.61. The maximum Gasteiger partial charge on any atom is 0.129 e. The topological polar surface area (TPSA) is 44.5 Å². The summed E-state index contributed by atoms with van der Waals surface area (Å²) in [6.45, 7) is 2.01. The number of thiocarbonyl (C=S) groups is 1. The first-order chi connectivity index (χ1) is 8.27. The number of para-hydroxylation sites is 1. The summed E-state index contributed by atoms with van der Waals surface area (Å²) in [6, 6.07) is 7.53. The fourth-order valence-corrected chi connectivity index (χ4v) is 1.71. The van der Waals surface area contributed by atoms with Gasteiger partial charge in [0.25, 0.3) is 0 Å². The summed E-state index contributed by atoms with van der Waals surface area (Å²) in [5.41, 5.74) is 6.40. The van der Waals surface area contributed by atoms with E-state index in [1.165, 1.54) is 12.8 Å². The van der Waals surface area contributed by atoms with Crippen molar-refractivity contribution in [2.24, 2.45) is 11.7 Å². The Morgan fingerprint density at radius 3 is 2.76 bits per heavy atom. The van der Waals surface area contributed by atoms with E-state index in [1.54, 1.807) is 0 Å². The first-order valence-electron chi connectivity index (χ1n) is 5.87. The molecule has 1 aromatic rings. The molecule has 0 saturated heterocycles. The van der Waals surface area contributed by atoms with Crippen LogP contribution in [0.5, 0.6) is 5.75 Å². The molecule has 1 saturated carbocycles. The standard InChI is InChI=1S/C13H17NO2S/c14-13(17)11-3-1-2-4-12(11)16-8-7-15-9-10-5-6-10/h1-4,10H,5-9H2,(H2,14,17). The van der Waals surface area contributed by atoms with Gasteiger partial charge in [0.05, 0.1) is 12.2 Å². The summed E-state index contributed by atoms with van der Waals surface area (Å²) in [4.78, 5) is 0.361. The van der Waals surface area contributed by atoms with Crippen molar-refractivity contribution >= 4 is 17.2 Å². The highest BCUT2D eigenvalue weighted by molar-refractivity contribution is 7.80. The molecule has 3 nitrogen and oxygen atoms in total. The third kappa shape index (κ3) is 3.98. The van der Waals surface area contributed by atoms with E-state index >= 15 is 0 Å². The lowest BCUT2D eigenvalue weighted by molar-refractivity contribution is 0.0927. The van der Waals surface area contributed by atoms with E-state index in [4.69, 9.17) is 27.4 Å². The van der Waals surface area contributed by atoms with E-state index in [9.17, 15) is 0 Å². The lowest BCUT2D eigenvalue weighted by atomic mass is 10.2. The Hall–Kier alpha value is -1.13. The van der Waals surface area contributed by atoms with E-state index in [2.05, 4.69) is 0 Å². The first-order valence-corrected chi connectivity index (χ1v) is 6.27. The molecule has 1 fully saturated rings. The Morgan fingerprint density at radius 2 is 2.06 bits per heavy atom. The van der Waals surface area contributed by atoms with Crippen molar-refractivity contribution in [1.29, 1.82) is 0 Å². The number of rotatable bonds is 7. The molecule has 0 atom stereocenters. The minimum absolute atomic E-state index is 0.361. The van der Waals surface area contributed by atoms with Crippen LogP contribution in [0.2, 0.25) is 0 Å². The second-order valence-electron chi connectivity index (χ2n) is 4.23. The van der Waals surface area contributed by atoms with Crippen LogP contribution in [0.3, 0.4) is 0 Å². The largest absolute Gasteiger partial charge is 0.490 e. The molecule has 0 bridgehead atoms. The Balaban J connectivity index is 1.75. The summed E-state index contributed by atoms with van der Waals surface area (Å²) in [5, 5.41) is 0. The van der Waals surface area contributed by atoms with Crippen LogP contribution in [0.4, 0.5) is 0 Å². The SMILES string of the molecule is NC(=S)c1ccccc1OCCOCC1CC1. The molecule has 2 rings (SSSR count). The van der Waals surface area contributed by atoms with Gasteiger partial charge in [-0.3, -0.25) is 0 Å². The first kappa shape index (κ1) is 12.3. The highest BCUT2D eigenvalue weighted by Crippen LogP contribution is 2.28. The van der Waals surface area contributed by atoms with Crippen molar-refractivity contribution in [3.05, 3.63) is 29.8 Å². The Kier molecular flexibility index (Phi) is 4.34. The van der Waals surface area contributed by atoms with E-state index in [0.29, 0.717) is 18.2 Å². The van der Waals surface area contributed by atoms with Crippen LogP contribution in [0.15, 0.2) is 24.3 Å². The van der Waals surface area contributed by atoms with Crippen LogP contribution in [-0.2, 0) is 4.74 Å². The van der Waals surface area contributed by atoms with Crippen molar-refractivity contribution < 1.29 is 9.47 Å². The quantitative estimate of drug-likeness (QED) is 0.595. The average Bonchev–Trinajstić information content (AvgIpc) is 3.13. The lowest BCUT2D eigenvalue weighted by Gasteiger charge is -2.10. The highest BCUT2D eigenvalue weighted by atomic mass is 32.1. The fourth-order valence-electron chi connectivity index (χ4n) is 1.54. The maximum atomic E-state index is 5.61. The fraction of sp³-hybridized carbons (Fsp3) is 0.462. The molecule has 0 spiro atoms. The lowest BCUT2D eigenvalue weighted by Crippen LogP contribution is -2.14. The Labute approximate surface area is 107 Å². The predicted molar refractivity (Wildman–Crippen MR) is 71.4 cm³/mol. The summed E-state index contributed by atoms with van der Waals surface area (Å²) < 4.78 is 11.1. The Morgan fingerprint density at radius 1 is 1.29 bits per heavy atom. The van der Waals surface area contributed by atoms with Crippen molar-refractivity contribution in [1.82, 2.24) is 0 Å². The van der Waals surface area contributed by atoms with Gasteiger partial charge in [0, 0.05) is 6.61 Å². The van der Waals surface area contributed by atoms with E-state index in [0.717, 1.165) is 23.8 Å². The van der Waals surface area contributed by atoms with Gasteiger partial charge in [-0.1, -0.05) is 24.4 Å². The second-order valence-corrected chi connectivity index (χ2v) is 4.67.